The summed E-state index contributed by atoms with van der Waals surface area (Å²) in [4.78, 5) is 36.5. The Morgan fingerprint density at radius 2 is 2.04 bits per heavy atom. The van der Waals surface area contributed by atoms with Crippen LogP contribution in [0.2, 0.25) is 0 Å². The van der Waals surface area contributed by atoms with Gasteiger partial charge in [-0.05, 0) is 24.6 Å². The highest BCUT2D eigenvalue weighted by Gasteiger charge is 2.53. The van der Waals surface area contributed by atoms with Gasteiger partial charge in [-0.3, -0.25) is 19.8 Å². The van der Waals surface area contributed by atoms with Crippen LogP contribution in [-0.4, -0.2) is 27.1 Å². The van der Waals surface area contributed by atoms with Crippen molar-refractivity contribution in [1.82, 2.24) is 4.90 Å². The smallest absolute Gasteiger partial charge is 0.356 e. The number of non-ortho nitro benzene ring substituents is 1. The molecule has 2 atom stereocenters. The number of benzene rings is 1. The fourth-order valence-corrected chi connectivity index (χ4v) is 3.87. The van der Waals surface area contributed by atoms with E-state index in [9.17, 15) is 19.7 Å². The second kappa shape index (κ2) is 5.69. The van der Waals surface area contributed by atoms with Gasteiger partial charge in [0.15, 0.2) is 0 Å². The highest BCUT2D eigenvalue weighted by Crippen LogP contribution is 2.48. The molecule has 0 bridgehead atoms. The summed E-state index contributed by atoms with van der Waals surface area (Å²) >= 11 is 1.50. The molecule has 1 saturated heterocycles. The van der Waals surface area contributed by atoms with Crippen LogP contribution in [0.3, 0.4) is 0 Å². The number of ether oxygens (including phenoxy) is 1. The Bertz CT molecular complexity index is 728. The number of amides is 1. The van der Waals surface area contributed by atoms with Crippen LogP contribution in [0.1, 0.15) is 19.4 Å². The van der Waals surface area contributed by atoms with E-state index in [1.807, 2.05) is 6.92 Å². The van der Waals surface area contributed by atoms with Crippen molar-refractivity contribution in [2.75, 3.05) is 0 Å². The molecule has 0 N–H and O–H groups in total. The van der Waals surface area contributed by atoms with Crippen molar-refractivity contribution in [3.05, 3.63) is 50.5 Å². The lowest BCUT2D eigenvalue weighted by atomic mass is 10.00. The Labute approximate surface area is 136 Å². The zero-order valence-corrected chi connectivity index (χ0v) is 13.3. The quantitative estimate of drug-likeness (QED) is 0.363. The Balaban J connectivity index is 1.65. The van der Waals surface area contributed by atoms with E-state index in [1.54, 1.807) is 6.92 Å². The Morgan fingerprint density at radius 1 is 1.39 bits per heavy atom. The summed E-state index contributed by atoms with van der Waals surface area (Å²) < 4.78 is 5.25. The monoisotopic (exact) mass is 334 g/mol. The summed E-state index contributed by atoms with van der Waals surface area (Å²) in [5.74, 6) is -0.701. The molecule has 0 aliphatic carbocycles. The van der Waals surface area contributed by atoms with Gasteiger partial charge in [-0.15, -0.1) is 11.8 Å². The van der Waals surface area contributed by atoms with Crippen LogP contribution in [0.4, 0.5) is 5.69 Å². The lowest BCUT2D eigenvalue weighted by Crippen LogP contribution is -2.56. The van der Waals surface area contributed by atoms with Gasteiger partial charge >= 0.3 is 5.97 Å². The number of hydrogen-bond acceptors (Lipinski definition) is 6. The van der Waals surface area contributed by atoms with E-state index in [-0.39, 0.29) is 29.5 Å². The molecule has 7 nitrogen and oxygen atoms in total. The van der Waals surface area contributed by atoms with E-state index in [0.29, 0.717) is 11.3 Å². The SMILES string of the molecule is CC1=C(C(=O)OCc2ccc([N+](=O)[O-])cc2)N2C(=O)[C@H](C)[C@H]2S1. The number of β-lactam (4-membered cyclic amide) rings is 1. The average molecular weight is 334 g/mol. The van der Waals surface area contributed by atoms with Crippen LogP contribution in [0, 0.1) is 16.0 Å². The van der Waals surface area contributed by atoms with Gasteiger partial charge in [0.1, 0.15) is 12.3 Å². The molecule has 2 aliphatic rings. The summed E-state index contributed by atoms with van der Waals surface area (Å²) in [7, 11) is 0. The Morgan fingerprint density at radius 3 is 2.65 bits per heavy atom. The number of thioether (sulfide) groups is 1. The third kappa shape index (κ3) is 2.59. The van der Waals surface area contributed by atoms with Gasteiger partial charge in [0.05, 0.1) is 16.2 Å². The van der Waals surface area contributed by atoms with Crippen molar-refractivity contribution >= 4 is 29.3 Å². The molecule has 1 amide bonds. The number of carbonyl (C=O) groups is 2. The molecule has 3 rings (SSSR count). The molecule has 1 aromatic rings. The number of hydrogen-bond donors (Lipinski definition) is 0. The van der Waals surface area contributed by atoms with Crippen LogP contribution in [-0.2, 0) is 20.9 Å². The van der Waals surface area contributed by atoms with E-state index in [0.717, 1.165) is 4.91 Å². The normalized spacial score (nSPS) is 22.7. The molecular formula is C15H14N2O5S. The standard InChI is InChI=1S/C15H14N2O5S/c1-8-13(18)16-12(9(2)23-14(8)16)15(19)22-7-10-3-5-11(6-4-10)17(20)21/h3-6,8,14H,7H2,1-2H3/t8-,14+/m0/s1. The maximum atomic E-state index is 12.3. The van der Waals surface area contributed by atoms with Crippen molar-refractivity contribution < 1.29 is 19.2 Å². The minimum atomic E-state index is -0.545. The average Bonchev–Trinajstić information content (AvgIpc) is 2.86. The summed E-state index contributed by atoms with van der Waals surface area (Å²) in [5.41, 5.74) is 0.937. The van der Waals surface area contributed by atoms with E-state index < -0.39 is 10.9 Å². The largest absolute Gasteiger partial charge is 0.456 e. The van der Waals surface area contributed by atoms with Gasteiger partial charge in [-0.1, -0.05) is 6.92 Å². The van der Waals surface area contributed by atoms with Gasteiger partial charge in [-0.2, -0.15) is 0 Å². The van der Waals surface area contributed by atoms with Crippen molar-refractivity contribution in [2.24, 2.45) is 5.92 Å². The summed E-state index contributed by atoms with van der Waals surface area (Å²) in [6.45, 7) is 3.64. The predicted molar refractivity (Wildman–Crippen MR) is 83.0 cm³/mol. The highest BCUT2D eigenvalue weighted by atomic mass is 32.2. The number of esters is 1. The molecule has 0 spiro atoms. The zero-order chi connectivity index (χ0) is 16.7. The van der Waals surface area contributed by atoms with Crippen molar-refractivity contribution in [1.29, 1.82) is 0 Å². The lowest BCUT2D eigenvalue weighted by molar-refractivity contribution is -0.384. The van der Waals surface area contributed by atoms with E-state index in [4.69, 9.17) is 4.74 Å². The van der Waals surface area contributed by atoms with Gasteiger partial charge < -0.3 is 4.74 Å². The third-order valence-corrected chi connectivity index (χ3v) is 5.30. The first kappa shape index (κ1) is 15.5. The molecule has 0 aromatic heterocycles. The molecule has 0 saturated carbocycles. The van der Waals surface area contributed by atoms with Crippen molar-refractivity contribution in [3.63, 3.8) is 0 Å². The second-order valence-corrected chi connectivity index (χ2v) is 6.74. The molecule has 23 heavy (non-hydrogen) atoms. The van der Waals surface area contributed by atoms with E-state index >= 15 is 0 Å². The zero-order valence-electron chi connectivity index (χ0n) is 12.5. The summed E-state index contributed by atoms with van der Waals surface area (Å²) in [6.07, 6.45) is 0. The molecule has 0 radical (unpaired) electrons. The molecule has 1 fully saturated rings. The van der Waals surface area contributed by atoms with E-state index in [1.165, 1.54) is 40.9 Å². The first-order chi connectivity index (χ1) is 10.9. The minimum Gasteiger partial charge on any atom is -0.456 e. The Hall–Kier alpha value is -2.35. The van der Waals surface area contributed by atoms with Gasteiger partial charge in [0.25, 0.3) is 5.69 Å². The molecule has 120 valence electrons. The van der Waals surface area contributed by atoms with Gasteiger partial charge in [0, 0.05) is 17.0 Å². The topological polar surface area (TPSA) is 89.8 Å². The molecule has 8 heteroatoms. The molecule has 2 heterocycles. The van der Waals surface area contributed by atoms with Crippen LogP contribution >= 0.6 is 11.8 Å². The van der Waals surface area contributed by atoms with Crippen molar-refractivity contribution in [2.45, 2.75) is 25.8 Å². The van der Waals surface area contributed by atoms with E-state index in [2.05, 4.69) is 0 Å². The van der Waals surface area contributed by atoms with Crippen LogP contribution in [0.15, 0.2) is 34.9 Å². The fraction of sp³-hybridized carbons (Fsp3) is 0.333. The first-order valence-corrected chi connectivity index (χ1v) is 7.89. The van der Waals surface area contributed by atoms with Crippen LogP contribution in [0.5, 0.6) is 0 Å². The molecule has 2 aliphatic heterocycles. The lowest BCUT2D eigenvalue weighted by Gasteiger charge is -2.40. The van der Waals surface area contributed by atoms with Gasteiger partial charge in [-0.25, -0.2) is 4.79 Å². The summed E-state index contributed by atoms with van der Waals surface area (Å²) in [6, 6.07) is 5.79. The van der Waals surface area contributed by atoms with Crippen molar-refractivity contribution in [3.8, 4) is 0 Å². The highest BCUT2D eigenvalue weighted by molar-refractivity contribution is 8.04. The summed E-state index contributed by atoms with van der Waals surface area (Å²) in [5, 5.41) is 10.6. The van der Waals surface area contributed by atoms with Gasteiger partial charge in [0.2, 0.25) is 5.91 Å². The first-order valence-electron chi connectivity index (χ1n) is 7.01. The number of nitrogens with zero attached hydrogens (tertiary/aromatic N) is 2. The number of nitro benzene ring substituents is 1. The maximum Gasteiger partial charge on any atom is 0.356 e. The third-order valence-electron chi connectivity index (χ3n) is 3.89. The fourth-order valence-electron chi connectivity index (χ4n) is 2.58. The molecular weight excluding hydrogens is 320 g/mol. The number of fused-ring (bicyclic) bond motifs is 1. The second-order valence-electron chi connectivity index (χ2n) is 5.41. The van der Waals surface area contributed by atoms with Crippen LogP contribution < -0.4 is 0 Å². The number of carbonyl (C=O) groups excluding carboxylic acids is 2. The molecule has 0 unspecified atom stereocenters. The number of rotatable bonds is 4. The van der Waals surface area contributed by atoms with Crippen LogP contribution in [0.25, 0.3) is 0 Å². The Kier molecular flexibility index (Phi) is 3.85. The predicted octanol–water partition coefficient (Wildman–Crippen LogP) is 2.42. The molecule has 1 aromatic carbocycles. The maximum absolute atomic E-state index is 12.3. The minimum absolute atomic E-state index is 0.000521. The number of allylic oxidation sites excluding steroid dienone is 1. The number of nitro groups is 1.